The Morgan fingerprint density at radius 1 is 1.53 bits per heavy atom. The summed E-state index contributed by atoms with van der Waals surface area (Å²) in [6, 6.07) is 0.508. The van der Waals surface area contributed by atoms with E-state index in [1.54, 1.807) is 7.11 Å². The summed E-state index contributed by atoms with van der Waals surface area (Å²) < 4.78 is 5.06. The maximum absolute atomic E-state index is 5.52. The van der Waals surface area contributed by atoms with Crippen LogP contribution in [0.1, 0.15) is 20.3 Å². The zero-order valence-electron chi connectivity index (χ0n) is 11.6. The molecule has 6 heteroatoms. The van der Waals surface area contributed by atoms with Crippen LogP contribution in [0.25, 0.3) is 0 Å². The first-order valence-corrected chi connectivity index (χ1v) is 7.21. The summed E-state index contributed by atoms with van der Waals surface area (Å²) in [7, 11) is 3.68. The Balaban J connectivity index is 4.41. The number of hydrogen-bond donors (Lipinski definition) is 2. The van der Waals surface area contributed by atoms with Crippen LogP contribution >= 0.6 is 11.8 Å². The Morgan fingerprint density at radius 2 is 2.18 bits per heavy atom. The molecule has 2 atom stereocenters. The fraction of sp³-hybridized carbons (Fsp3) is 0.909. The Bertz CT molecular complexity index is 226. The van der Waals surface area contributed by atoms with Crippen molar-refractivity contribution in [2.24, 2.45) is 10.8 Å². The molecule has 17 heavy (non-hydrogen) atoms. The molecule has 0 aromatic carbocycles. The Morgan fingerprint density at radius 3 is 2.65 bits per heavy atom. The molecule has 0 aliphatic carbocycles. The maximum atomic E-state index is 5.52. The second kappa shape index (κ2) is 9.56. The van der Waals surface area contributed by atoms with Crippen LogP contribution in [0.5, 0.6) is 0 Å². The van der Waals surface area contributed by atoms with Crippen LogP contribution in [0, 0.1) is 0 Å². The number of nitrogens with one attached hydrogen (secondary N) is 1. The van der Waals surface area contributed by atoms with Crippen molar-refractivity contribution in [3.8, 4) is 0 Å². The standard InChI is InChI=1S/C11H26N4OS/c1-9(8-16-4)13-11(14-12)15(3)10(2)6-7-17-5/h9-10H,6-8,12H2,1-5H3,(H,13,14). The third kappa shape index (κ3) is 6.75. The van der Waals surface area contributed by atoms with Gasteiger partial charge in [-0.3, -0.25) is 5.43 Å². The number of hydrazine groups is 1. The van der Waals surface area contributed by atoms with Crippen LogP contribution in [0.15, 0.2) is 4.99 Å². The van der Waals surface area contributed by atoms with Crippen LogP contribution in [0.2, 0.25) is 0 Å². The number of ether oxygens (including phenoxy) is 1. The summed E-state index contributed by atoms with van der Waals surface area (Å²) in [5.74, 6) is 7.36. The molecule has 2 unspecified atom stereocenters. The third-order valence-electron chi connectivity index (χ3n) is 2.61. The van der Waals surface area contributed by atoms with E-state index >= 15 is 0 Å². The summed E-state index contributed by atoms with van der Waals surface area (Å²) in [5, 5.41) is 0. The van der Waals surface area contributed by atoms with Gasteiger partial charge in [0, 0.05) is 20.2 Å². The van der Waals surface area contributed by atoms with Crippen LogP contribution in [0.3, 0.4) is 0 Å². The Labute approximate surface area is 109 Å². The first-order valence-electron chi connectivity index (χ1n) is 5.81. The zero-order valence-corrected chi connectivity index (χ0v) is 12.4. The van der Waals surface area contributed by atoms with Gasteiger partial charge in [-0.15, -0.1) is 0 Å². The van der Waals surface area contributed by atoms with E-state index in [4.69, 9.17) is 10.6 Å². The highest BCUT2D eigenvalue weighted by atomic mass is 32.2. The van der Waals surface area contributed by atoms with E-state index in [2.05, 4.69) is 28.5 Å². The van der Waals surface area contributed by atoms with Gasteiger partial charge < -0.3 is 9.64 Å². The van der Waals surface area contributed by atoms with Crippen LogP contribution in [-0.4, -0.2) is 55.7 Å². The minimum Gasteiger partial charge on any atom is -0.382 e. The van der Waals surface area contributed by atoms with E-state index in [0.717, 1.165) is 12.2 Å². The lowest BCUT2D eigenvalue weighted by molar-refractivity contribution is 0.185. The summed E-state index contributed by atoms with van der Waals surface area (Å²) in [6.45, 7) is 4.77. The maximum Gasteiger partial charge on any atom is 0.208 e. The van der Waals surface area contributed by atoms with Gasteiger partial charge in [-0.25, -0.2) is 10.8 Å². The predicted molar refractivity (Wildman–Crippen MR) is 76.3 cm³/mol. The molecule has 0 amide bonds. The van der Waals surface area contributed by atoms with Crippen molar-refractivity contribution in [2.75, 3.05) is 32.8 Å². The van der Waals surface area contributed by atoms with E-state index in [9.17, 15) is 0 Å². The van der Waals surface area contributed by atoms with Crippen molar-refractivity contribution >= 4 is 17.7 Å². The number of guanidine groups is 1. The third-order valence-corrected chi connectivity index (χ3v) is 3.26. The van der Waals surface area contributed by atoms with E-state index < -0.39 is 0 Å². The van der Waals surface area contributed by atoms with E-state index in [-0.39, 0.29) is 6.04 Å². The SMILES string of the molecule is COCC(C)N=C(NN)N(C)C(C)CCSC. The van der Waals surface area contributed by atoms with E-state index in [1.807, 2.05) is 25.7 Å². The molecule has 0 bridgehead atoms. The lowest BCUT2D eigenvalue weighted by atomic mass is 10.2. The summed E-state index contributed by atoms with van der Waals surface area (Å²) in [4.78, 5) is 6.56. The topological polar surface area (TPSA) is 62.9 Å². The average molecular weight is 262 g/mol. The highest BCUT2D eigenvalue weighted by Gasteiger charge is 2.13. The number of aliphatic imine (C=N–C) groups is 1. The normalized spacial score (nSPS) is 15.5. The van der Waals surface area contributed by atoms with Crippen molar-refractivity contribution in [2.45, 2.75) is 32.4 Å². The molecule has 0 heterocycles. The molecule has 0 radical (unpaired) electrons. The number of nitrogens with zero attached hydrogens (tertiary/aromatic N) is 2. The molecule has 0 saturated heterocycles. The molecule has 3 N–H and O–H groups in total. The monoisotopic (exact) mass is 262 g/mol. The minimum atomic E-state index is 0.0984. The largest absolute Gasteiger partial charge is 0.382 e. The van der Waals surface area contributed by atoms with Gasteiger partial charge in [0.25, 0.3) is 0 Å². The highest BCUT2D eigenvalue weighted by molar-refractivity contribution is 7.98. The number of methoxy groups -OCH3 is 1. The van der Waals surface area contributed by atoms with Crippen molar-refractivity contribution < 1.29 is 4.74 Å². The molecule has 0 aromatic heterocycles. The molecule has 0 spiro atoms. The van der Waals surface area contributed by atoms with Gasteiger partial charge in [0.1, 0.15) is 0 Å². The van der Waals surface area contributed by atoms with Crippen molar-refractivity contribution in [1.82, 2.24) is 10.3 Å². The Hall–Kier alpha value is -0.460. The van der Waals surface area contributed by atoms with Gasteiger partial charge in [-0.05, 0) is 32.3 Å². The molecule has 0 saturated carbocycles. The number of hydrogen-bond acceptors (Lipinski definition) is 4. The summed E-state index contributed by atoms with van der Waals surface area (Å²) >= 11 is 1.85. The highest BCUT2D eigenvalue weighted by Crippen LogP contribution is 2.06. The number of nitrogens with two attached hydrogens (primary N) is 1. The molecule has 102 valence electrons. The molecule has 0 aliphatic heterocycles. The molecular formula is C11H26N4OS. The van der Waals surface area contributed by atoms with Gasteiger partial charge in [0.15, 0.2) is 0 Å². The average Bonchev–Trinajstić information content (AvgIpc) is 2.32. The fourth-order valence-corrected chi connectivity index (χ4v) is 1.98. The molecule has 0 aliphatic rings. The first-order chi connectivity index (χ1) is 8.06. The van der Waals surface area contributed by atoms with Gasteiger partial charge in [0.2, 0.25) is 5.96 Å². The van der Waals surface area contributed by atoms with Crippen LogP contribution < -0.4 is 11.3 Å². The summed E-state index contributed by atoms with van der Waals surface area (Å²) in [5.41, 5.74) is 2.66. The molecule has 0 rings (SSSR count). The first kappa shape index (κ1) is 16.5. The van der Waals surface area contributed by atoms with Gasteiger partial charge in [-0.1, -0.05) is 0 Å². The predicted octanol–water partition coefficient (Wildman–Crippen LogP) is 0.914. The molecule has 0 fully saturated rings. The fourth-order valence-electron chi connectivity index (χ4n) is 1.41. The second-order valence-corrected chi connectivity index (χ2v) is 5.13. The van der Waals surface area contributed by atoms with Gasteiger partial charge in [-0.2, -0.15) is 11.8 Å². The van der Waals surface area contributed by atoms with Gasteiger partial charge >= 0.3 is 0 Å². The van der Waals surface area contributed by atoms with Crippen molar-refractivity contribution in [3.63, 3.8) is 0 Å². The van der Waals surface area contributed by atoms with Crippen molar-refractivity contribution in [1.29, 1.82) is 0 Å². The van der Waals surface area contributed by atoms with Crippen LogP contribution in [0.4, 0.5) is 0 Å². The van der Waals surface area contributed by atoms with E-state index in [1.165, 1.54) is 0 Å². The lowest BCUT2D eigenvalue weighted by Crippen LogP contribution is -2.47. The van der Waals surface area contributed by atoms with E-state index in [0.29, 0.717) is 18.6 Å². The lowest BCUT2D eigenvalue weighted by Gasteiger charge is -2.28. The van der Waals surface area contributed by atoms with Crippen molar-refractivity contribution in [3.05, 3.63) is 0 Å². The molecule has 0 aromatic rings. The van der Waals surface area contributed by atoms with Gasteiger partial charge in [0.05, 0.1) is 12.6 Å². The minimum absolute atomic E-state index is 0.0984. The molecular weight excluding hydrogens is 236 g/mol. The smallest absolute Gasteiger partial charge is 0.208 e. The zero-order chi connectivity index (χ0) is 13.3. The number of thioether (sulfide) groups is 1. The summed E-state index contributed by atoms with van der Waals surface area (Å²) in [6.07, 6.45) is 3.22. The second-order valence-electron chi connectivity index (χ2n) is 4.14. The Kier molecular flexibility index (Phi) is 9.30. The quantitative estimate of drug-likeness (QED) is 0.309. The number of rotatable bonds is 7. The molecule has 5 nitrogen and oxygen atoms in total. The van der Waals surface area contributed by atoms with Crippen LogP contribution in [-0.2, 0) is 4.74 Å².